The van der Waals surface area contributed by atoms with Crippen molar-refractivity contribution in [3.8, 4) is 11.5 Å². The Morgan fingerprint density at radius 2 is 1.86 bits per heavy atom. The molecule has 3 rings (SSSR count). The predicted octanol–water partition coefficient (Wildman–Crippen LogP) is 0.238. The SMILES string of the molecule is COC(=O)COc1ccc(C(=O)NC2CS(=O)(=O)CC2N2CCCC2)cc1OC. The highest BCUT2D eigenvalue weighted by Crippen LogP contribution is 2.29. The van der Waals surface area contributed by atoms with Crippen molar-refractivity contribution in [3.63, 3.8) is 0 Å². The van der Waals surface area contributed by atoms with Crippen molar-refractivity contribution in [2.75, 3.05) is 45.4 Å². The molecule has 1 aromatic rings. The van der Waals surface area contributed by atoms with Gasteiger partial charge in [-0.25, -0.2) is 13.2 Å². The van der Waals surface area contributed by atoms with E-state index in [1.165, 1.54) is 26.4 Å². The summed E-state index contributed by atoms with van der Waals surface area (Å²) in [4.78, 5) is 26.2. The van der Waals surface area contributed by atoms with Gasteiger partial charge in [-0.1, -0.05) is 0 Å². The first-order chi connectivity index (χ1) is 13.8. The zero-order chi connectivity index (χ0) is 21.0. The van der Waals surface area contributed by atoms with E-state index >= 15 is 0 Å². The van der Waals surface area contributed by atoms with Gasteiger partial charge in [0.15, 0.2) is 27.9 Å². The Morgan fingerprint density at radius 3 is 2.52 bits per heavy atom. The number of sulfone groups is 1. The van der Waals surface area contributed by atoms with Crippen molar-refractivity contribution in [1.82, 2.24) is 10.2 Å². The van der Waals surface area contributed by atoms with E-state index in [0.29, 0.717) is 11.3 Å². The molecule has 2 aliphatic heterocycles. The summed E-state index contributed by atoms with van der Waals surface area (Å²) in [5.41, 5.74) is 0.316. The minimum Gasteiger partial charge on any atom is -0.493 e. The van der Waals surface area contributed by atoms with Crippen molar-refractivity contribution in [2.24, 2.45) is 0 Å². The Labute approximate surface area is 170 Å². The maximum Gasteiger partial charge on any atom is 0.343 e. The summed E-state index contributed by atoms with van der Waals surface area (Å²) in [6.07, 6.45) is 2.09. The third-order valence-corrected chi connectivity index (χ3v) is 6.96. The average molecular weight is 426 g/mol. The van der Waals surface area contributed by atoms with E-state index in [0.717, 1.165) is 25.9 Å². The summed E-state index contributed by atoms with van der Waals surface area (Å²) in [6, 6.07) is 3.91. The third-order valence-electron chi connectivity index (χ3n) is 5.25. The standard InChI is InChI=1S/C19H26N2O7S/c1-26-17-9-13(5-6-16(17)28-10-18(22)27-2)19(23)20-14-11-29(24,25)12-15(14)21-7-3-4-8-21/h5-6,9,14-15H,3-4,7-8,10-12H2,1-2H3,(H,20,23). The summed E-state index contributed by atoms with van der Waals surface area (Å²) >= 11 is 0. The number of carbonyl (C=O) groups excluding carboxylic acids is 2. The lowest BCUT2D eigenvalue weighted by atomic mass is 10.1. The topological polar surface area (TPSA) is 111 Å². The first kappa shape index (κ1) is 21.4. The summed E-state index contributed by atoms with van der Waals surface area (Å²) < 4.78 is 39.5. The van der Waals surface area contributed by atoms with Gasteiger partial charge in [0.25, 0.3) is 5.91 Å². The van der Waals surface area contributed by atoms with Crippen LogP contribution >= 0.6 is 0 Å². The van der Waals surface area contributed by atoms with Gasteiger partial charge in [-0.3, -0.25) is 9.69 Å². The van der Waals surface area contributed by atoms with Crippen molar-refractivity contribution in [2.45, 2.75) is 24.9 Å². The quantitative estimate of drug-likeness (QED) is 0.617. The number of amides is 1. The number of ether oxygens (including phenoxy) is 3. The molecule has 1 N–H and O–H groups in total. The van der Waals surface area contributed by atoms with Crippen LogP contribution in [0.1, 0.15) is 23.2 Å². The van der Waals surface area contributed by atoms with Crippen LogP contribution in [-0.4, -0.2) is 82.7 Å². The van der Waals surface area contributed by atoms with E-state index in [2.05, 4.69) is 15.0 Å². The molecule has 2 fully saturated rings. The zero-order valence-corrected chi connectivity index (χ0v) is 17.4. The molecular weight excluding hydrogens is 400 g/mol. The van der Waals surface area contributed by atoms with E-state index in [1.54, 1.807) is 6.07 Å². The molecule has 2 heterocycles. The van der Waals surface area contributed by atoms with Gasteiger partial charge in [0.2, 0.25) is 0 Å². The first-order valence-corrected chi connectivity index (χ1v) is 11.3. The number of benzene rings is 1. The van der Waals surface area contributed by atoms with Crippen molar-refractivity contribution in [3.05, 3.63) is 23.8 Å². The molecule has 0 saturated carbocycles. The minimum absolute atomic E-state index is 0.0582. The van der Waals surface area contributed by atoms with E-state index < -0.39 is 21.8 Å². The highest BCUT2D eigenvalue weighted by molar-refractivity contribution is 7.91. The van der Waals surface area contributed by atoms with Gasteiger partial charge >= 0.3 is 5.97 Å². The Kier molecular flexibility index (Phi) is 6.63. The van der Waals surface area contributed by atoms with Crippen LogP contribution in [0.15, 0.2) is 18.2 Å². The predicted molar refractivity (Wildman–Crippen MR) is 105 cm³/mol. The van der Waals surface area contributed by atoms with Crippen molar-refractivity contribution < 1.29 is 32.2 Å². The number of carbonyl (C=O) groups is 2. The fraction of sp³-hybridized carbons (Fsp3) is 0.579. The van der Waals surface area contributed by atoms with Crippen LogP contribution in [-0.2, 0) is 19.4 Å². The Bertz CT molecular complexity index is 865. The zero-order valence-electron chi connectivity index (χ0n) is 16.5. The molecule has 10 heteroatoms. The molecular formula is C19H26N2O7S. The van der Waals surface area contributed by atoms with Crippen LogP contribution in [0, 0.1) is 0 Å². The van der Waals surface area contributed by atoms with Gasteiger partial charge in [0.05, 0.1) is 31.8 Å². The van der Waals surface area contributed by atoms with Gasteiger partial charge in [-0.05, 0) is 44.1 Å². The molecule has 2 unspecified atom stereocenters. The number of methoxy groups -OCH3 is 2. The largest absolute Gasteiger partial charge is 0.493 e. The minimum atomic E-state index is -3.19. The molecule has 0 aliphatic carbocycles. The summed E-state index contributed by atoms with van der Waals surface area (Å²) in [5, 5.41) is 2.88. The summed E-state index contributed by atoms with van der Waals surface area (Å²) in [5.74, 6) is -0.318. The van der Waals surface area contributed by atoms with Gasteiger partial charge in [0.1, 0.15) is 0 Å². The Morgan fingerprint density at radius 1 is 1.14 bits per heavy atom. The van der Waals surface area contributed by atoms with E-state index in [-0.39, 0.29) is 35.8 Å². The van der Waals surface area contributed by atoms with E-state index in [9.17, 15) is 18.0 Å². The van der Waals surface area contributed by atoms with Gasteiger partial charge in [-0.15, -0.1) is 0 Å². The third kappa shape index (κ3) is 5.18. The molecule has 9 nitrogen and oxygen atoms in total. The maximum absolute atomic E-state index is 12.8. The normalized spacial score (nSPS) is 23.5. The number of rotatable bonds is 7. The molecule has 2 atom stereocenters. The molecule has 2 saturated heterocycles. The fourth-order valence-corrected chi connectivity index (χ4v) is 5.73. The first-order valence-electron chi connectivity index (χ1n) is 9.46. The van der Waals surface area contributed by atoms with Gasteiger partial charge < -0.3 is 19.5 Å². The molecule has 0 bridgehead atoms. The molecule has 0 aromatic heterocycles. The monoisotopic (exact) mass is 426 g/mol. The second-order valence-corrected chi connectivity index (χ2v) is 9.35. The Hall–Kier alpha value is -2.33. The van der Waals surface area contributed by atoms with Gasteiger partial charge in [-0.2, -0.15) is 0 Å². The maximum atomic E-state index is 12.8. The molecule has 29 heavy (non-hydrogen) atoms. The molecule has 0 spiro atoms. The van der Waals surface area contributed by atoms with Crippen LogP contribution in [0.25, 0.3) is 0 Å². The molecule has 1 amide bonds. The number of nitrogens with one attached hydrogen (secondary N) is 1. The lowest BCUT2D eigenvalue weighted by molar-refractivity contribution is -0.142. The lowest BCUT2D eigenvalue weighted by Crippen LogP contribution is -2.50. The molecule has 1 aromatic carbocycles. The summed E-state index contributed by atoms with van der Waals surface area (Å²) in [7, 11) is -0.508. The Balaban J connectivity index is 1.71. The smallest absolute Gasteiger partial charge is 0.343 e. The van der Waals surface area contributed by atoms with Gasteiger partial charge in [0, 0.05) is 11.6 Å². The van der Waals surface area contributed by atoms with E-state index in [1.807, 2.05) is 0 Å². The number of likely N-dealkylation sites (tertiary alicyclic amines) is 1. The van der Waals surface area contributed by atoms with E-state index in [4.69, 9.17) is 9.47 Å². The van der Waals surface area contributed by atoms with Crippen LogP contribution in [0.2, 0.25) is 0 Å². The van der Waals surface area contributed by atoms with Crippen molar-refractivity contribution >= 4 is 21.7 Å². The van der Waals surface area contributed by atoms with Crippen LogP contribution in [0.4, 0.5) is 0 Å². The lowest BCUT2D eigenvalue weighted by Gasteiger charge is -2.28. The highest BCUT2D eigenvalue weighted by Gasteiger charge is 2.42. The second-order valence-electron chi connectivity index (χ2n) is 7.20. The van der Waals surface area contributed by atoms with Crippen LogP contribution in [0.5, 0.6) is 11.5 Å². The van der Waals surface area contributed by atoms with Crippen molar-refractivity contribution in [1.29, 1.82) is 0 Å². The number of hydrogen-bond donors (Lipinski definition) is 1. The molecule has 0 radical (unpaired) electrons. The highest BCUT2D eigenvalue weighted by atomic mass is 32.2. The van der Waals surface area contributed by atoms with Crippen LogP contribution < -0.4 is 14.8 Å². The van der Waals surface area contributed by atoms with Crippen LogP contribution in [0.3, 0.4) is 0 Å². The average Bonchev–Trinajstić information content (AvgIpc) is 3.33. The number of nitrogens with zero attached hydrogens (tertiary/aromatic N) is 1. The number of hydrogen-bond acceptors (Lipinski definition) is 8. The number of esters is 1. The molecule has 160 valence electrons. The molecule has 2 aliphatic rings. The summed E-state index contributed by atoms with van der Waals surface area (Å²) in [6.45, 7) is 1.43. The fourth-order valence-electron chi connectivity index (χ4n) is 3.78. The second kappa shape index (κ2) is 9.00.